The average molecular weight is 487 g/mol. The molecule has 17 nitrogen and oxygen atoms in total. The van der Waals surface area contributed by atoms with Gasteiger partial charge in [0.15, 0.2) is 12.5 Å². The highest BCUT2D eigenvalue weighted by atomic mass is 16.6. The van der Waals surface area contributed by atoms with Gasteiger partial charge in [-0.3, -0.25) is 9.13 Å². The molecular formula is C17H25N7O10. The molecule has 0 aliphatic carbocycles. The Morgan fingerprint density at radius 2 is 1.32 bits per heavy atom. The zero-order valence-corrected chi connectivity index (χ0v) is 17.5. The number of ether oxygens (including phenoxy) is 2. The number of aliphatic hydroxyl groups is 6. The third kappa shape index (κ3) is 5.05. The maximum atomic E-state index is 11.5. The number of aromatic nitrogens is 5. The second-order valence-electron chi connectivity index (χ2n) is 7.40. The largest absolute Gasteiger partial charge is 0.394 e. The normalized spacial score (nSPS) is 32.9. The number of hydrogen-bond acceptors (Lipinski definition) is 15. The molecule has 8 atom stereocenters. The number of hydrogen-bond donors (Lipinski definition) is 8. The quantitative estimate of drug-likeness (QED) is 0.199. The first-order valence-corrected chi connectivity index (χ1v) is 9.89. The lowest BCUT2D eigenvalue weighted by Crippen LogP contribution is -2.36. The topological polar surface area (TPSA) is 275 Å². The van der Waals surface area contributed by atoms with Crippen LogP contribution in [0.4, 0.5) is 11.8 Å². The van der Waals surface area contributed by atoms with Gasteiger partial charge in [-0.15, -0.1) is 0 Å². The Morgan fingerprint density at radius 1 is 0.824 bits per heavy atom. The standard InChI is InChI=1S/C9H13N3O5.C8H12N4O5/c10-5-1-2-12(9(16)11-5)8-7(15)6(14)4(3-13)17-8;9-7-10-2-12(8(16)11-7)6-5(15)4(14)3(1-13)17-6/h1-2,4,6-8,13-15H,3H2,(H2,10,11,16);2-6,13-15H,1H2,(H2,9,11,16)/t4-,6-,7-,8-;3-,4-,5-,6-/m11/s1. The molecule has 4 heterocycles. The number of anilines is 2. The Bertz CT molecular complexity index is 1010. The summed E-state index contributed by atoms with van der Waals surface area (Å²) in [6, 6.07) is 1.37. The first kappa shape index (κ1) is 25.6. The van der Waals surface area contributed by atoms with Crippen LogP contribution in [0.5, 0.6) is 0 Å². The van der Waals surface area contributed by atoms with Crippen molar-refractivity contribution in [2.24, 2.45) is 0 Å². The highest BCUT2D eigenvalue weighted by Gasteiger charge is 2.44. The maximum Gasteiger partial charge on any atom is 0.354 e. The minimum absolute atomic E-state index is 0.0537. The van der Waals surface area contributed by atoms with Gasteiger partial charge in [0.2, 0.25) is 5.95 Å². The molecule has 2 aliphatic heterocycles. The molecule has 0 aromatic carbocycles. The van der Waals surface area contributed by atoms with Gasteiger partial charge < -0.3 is 51.6 Å². The van der Waals surface area contributed by atoms with Crippen LogP contribution < -0.4 is 22.8 Å². The van der Waals surface area contributed by atoms with Gasteiger partial charge >= 0.3 is 11.4 Å². The maximum absolute atomic E-state index is 11.5. The first-order valence-electron chi connectivity index (χ1n) is 9.89. The second-order valence-corrected chi connectivity index (χ2v) is 7.40. The minimum atomic E-state index is -1.35. The Hall–Kier alpha value is -3.03. The van der Waals surface area contributed by atoms with E-state index in [0.29, 0.717) is 0 Å². The molecule has 34 heavy (non-hydrogen) atoms. The molecule has 0 spiro atoms. The van der Waals surface area contributed by atoms with Crippen molar-refractivity contribution in [1.29, 1.82) is 0 Å². The molecule has 17 heteroatoms. The monoisotopic (exact) mass is 487 g/mol. The molecule has 2 fully saturated rings. The summed E-state index contributed by atoms with van der Waals surface area (Å²) in [6.45, 7) is -0.925. The van der Waals surface area contributed by atoms with Gasteiger partial charge in [0.25, 0.3) is 0 Å². The average Bonchev–Trinajstić information content (AvgIpc) is 3.24. The van der Waals surface area contributed by atoms with Gasteiger partial charge in [0.1, 0.15) is 48.8 Å². The summed E-state index contributed by atoms with van der Waals surface area (Å²) in [5.41, 5.74) is 9.09. The Balaban J connectivity index is 0.000000191. The zero-order valence-electron chi connectivity index (χ0n) is 17.5. The first-order chi connectivity index (χ1) is 16.1. The van der Waals surface area contributed by atoms with Crippen LogP contribution >= 0.6 is 0 Å². The van der Waals surface area contributed by atoms with E-state index in [2.05, 4.69) is 15.0 Å². The highest BCUT2D eigenvalue weighted by Crippen LogP contribution is 2.28. The molecule has 2 aromatic heterocycles. The predicted octanol–water partition coefficient (Wildman–Crippen LogP) is -5.73. The molecular weight excluding hydrogens is 462 g/mol. The van der Waals surface area contributed by atoms with Gasteiger partial charge in [0, 0.05) is 6.20 Å². The lowest BCUT2D eigenvalue weighted by Gasteiger charge is -2.16. The Labute approximate surface area is 190 Å². The summed E-state index contributed by atoms with van der Waals surface area (Å²) in [7, 11) is 0. The van der Waals surface area contributed by atoms with E-state index in [4.69, 9.17) is 31.2 Å². The van der Waals surface area contributed by atoms with Crippen molar-refractivity contribution in [3.8, 4) is 0 Å². The predicted molar refractivity (Wildman–Crippen MR) is 110 cm³/mol. The minimum Gasteiger partial charge on any atom is -0.394 e. The summed E-state index contributed by atoms with van der Waals surface area (Å²) in [5.74, 6) is -0.143. The summed E-state index contributed by atoms with van der Waals surface area (Å²) in [4.78, 5) is 33.4. The van der Waals surface area contributed by atoms with E-state index in [9.17, 15) is 30.0 Å². The van der Waals surface area contributed by atoms with E-state index in [1.807, 2.05) is 0 Å². The SMILES string of the molecule is Nc1ccn([C@@H]2O[C@H](CO)[C@@H](O)[C@H]2O)c(=O)n1.Nc1ncn([C@@H]2O[C@H](CO)[C@@H](O)[C@H]2O)c(=O)n1. The molecule has 0 saturated carbocycles. The van der Waals surface area contributed by atoms with E-state index in [1.165, 1.54) is 12.3 Å². The van der Waals surface area contributed by atoms with Crippen LogP contribution in [-0.4, -0.2) is 105 Å². The second kappa shape index (κ2) is 10.5. The molecule has 0 bridgehead atoms. The van der Waals surface area contributed by atoms with Crippen LogP contribution in [0.3, 0.4) is 0 Å². The fourth-order valence-electron chi connectivity index (χ4n) is 3.37. The van der Waals surface area contributed by atoms with Crippen molar-refractivity contribution in [3.05, 3.63) is 39.6 Å². The molecule has 2 aromatic rings. The lowest BCUT2D eigenvalue weighted by atomic mass is 10.1. The van der Waals surface area contributed by atoms with Crippen molar-refractivity contribution >= 4 is 11.8 Å². The molecule has 0 amide bonds. The fraction of sp³-hybridized carbons (Fsp3) is 0.588. The van der Waals surface area contributed by atoms with Crippen LogP contribution in [0, 0.1) is 0 Å². The summed E-state index contributed by atoms with van der Waals surface area (Å²) < 4.78 is 12.2. The van der Waals surface area contributed by atoms with Crippen molar-refractivity contribution in [3.63, 3.8) is 0 Å². The molecule has 10 N–H and O–H groups in total. The molecule has 0 unspecified atom stereocenters. The van der Waals surface area contributed by atoms with E-state index in [-0.39, 0.29) is 11.8 Å². The van der Waals surface area contributed by atoms with Crippen LogP contribution in [-0.2, 0) is 9.47 Å². The Kier molecular flexibility index (Phi) is 7.89. The van der Waals surface area contributed by atoms with Crippen molar-refractivity contribution in [1.82, 2.24) is 24.1 Å². The van der Waals surface area contributed by atoms with Crippen LogP contribution in [0.1, 0.15) is 12.5 Å². The van der Waals surface area contributed by atoms with Crippen LogP contribution in [0.25, 0.3) is 0 Å². The van der Waals surface area contributed by atoms with E-state index in [0.717, 1.165) is 15.5 Å². The number of aliphatic hydroxyl groups excluding tert-OH is 6. The molecule has 4 rings (SSSR count). The number of nitrogens with zero attached hydrogens (tertiary/aromatic N) is 5. The third-order valence-electron chi connectivity index (χ3n) is 5.18. The van der Waals surface area contributed by atoms with Crippen LogP contribution in [0.15, 0.2) is 28.2 Å². The number of nitrogen functional groups attached to an aromatic ring is 2. The molecule has 2 aliphatic rings. The number of nitrogens with two attached hydrogens (primary N) is 2. The van der Waals surface area contributed by atoms with Gasteiger partial charge in [0.05, 0.1) is 13.2 Å². The van der Waals surface area contributed by atoms with Gasteiger partial charge in [-0.2, -0.15) is 9.97 Å². The van der Waals surface area contributed by atoms with Crippen LogP contribution in [0.2, 0.25) is 0 Å². The highest BCUT2D eigenvalue weighted by molar-refractivity contribution is 5.23. The zero-order chi connectivity index (χ0) is 25.2. The van der Waals surface area contributed by atoms with Crippen molar-refractivity contribution in [2.75, 3.05) is 24.7 Å². The van der Waals surface area contributed by atoms with E-state index < -0.39 is 73.7 Å². The molecule has 188 valence electrons. The number of rotatable bonds is 4. The Morgan fingerprint density at radius 3 is 1.76 bits per heavy atom. The molecule has 2 saturated heterocycles. The van der Waals surface area contributed by atoms with Gasteiger partial charge in [-0.1, -0.05) is 0 Å². The summed E-state index contributed by atoms with van der Waals surface area (Å²) in [6.07, 6.45) is -6.94. The smallest absolute Gasteiger partial charge is 0.354 e. The lowest BCUT2D eigenvalue weighted by molar-refractivity contribution is -0.0554. The summed E-state index contributed by atoms with van der Waals surface area (Å²) in [5, 5.41) is 56.2. The van der Waals surface area contributed by atoms with Gasteiger partial charge in [-0.25, -0.2) is 14.6 Å². The fourth-order valence-corrected chi connectivity index (χ4v) is 3.37. The van der Waals surface area contributed by atoms with Crippen molar-refractivity contribution in [2.45, 2.75) is 49.1 Å². The third-order valence-corrected chi connectivity index (χ3v) is 5.18. The summed E-state index contributed by atoms with van der Waals surface area (Å²) >= 11 is 0. The van der Waals surface area contributed by atoms with E-state index >= 15 is 0 Å². The molecule has 0 radical (unpaired) electrons. The van der Waals surface area contributed by atoms with Gasteiger partial charge in [-0.05, 0) is 6.07 Å². The van der Waals surface area contributed by atoms with Crippen molar-refractivity contribution < 1.29 is 40.1 Å². The van der Waals surface area contributed by atoms with E-state index in [1.54, 1.807) is 0 Å².